The summed E-state index contributed by atoms with van der Waals surface area (Å²) in [5, 5.41) is 13.5. The van der Waals surface area contributed by atoms with Crippen molar-refractivity contribution in [2.45, 2.75) is 103 Å². The van der Waals surface area contributed by atoms with Gasteiger partial charge in [0, 0.05) is 0 Å². The molecule has 140 valence electrons. The minimum absolute atomic E-state index is 0.104. The molecule has 4 atom stereocenters. The molecule has 2 aliphatic rings. The van der Waals surface area contributed by atoms with Gasteiger partial charge in [-0.3, -0.25) is 0 Å². The lowest BCUT2D eigenvalue weighted by Crippen LogP contribution is -2.50. The number of aliphatic hydroxyl groups excluding tert-OH is 1. The summed E-state index contributed by atoms with van der Waals surface area (Å²) in [6.45, 7) is 9.47. The Balaban J connectivity index is 1.83. The van der Waals surface area contributed by atoms with Crippen molar-refractivity contribution in [3.8, 4) is 0 Å². The van der Waals surface area contributed by atoms with Gasteiger partial charge in [-0.1, -0.05) is 46.0 Å². The van der Waals surface area contributed by atoms with Gasteiger partial charge in [0.2, 0.25) is 0 Å². The van der Waals surface area contributed by atoms with Crippen LogP contribution in [0.25, 0.3) is 0 Å². The molecule has 2 N–H and O–H groups in total. The zero-order valence-corrected chi connectivity index (χ0v) is 15.9. The lowest BCUT2D eigenvalue weighted by Gasteiger charge is -2.28. The maximum absolute atomic E-state index is 12.0. The molecule has 0 unspecified atom stereocenters. The summed E-state index contributed by atoms with van der Waals surface area (Å²) >= 11 is 0. The van der Waals surface area contributed by atoms with Gasteiger partial charge in [0.1, 0.15) is 17.8 Å². The standard InChI is InChI=1S/C19H35NO4/c1-12(2)15(20-18(22)24-19(3,4)5)16(21)17-14(23-17)11-13-9-7-6-8-10-13/h12-17,21H,6-11H2,1-5H3,(H,20,22)/t14-,15+,16+,17+/m1/s1. The van der Waals surface area contributed by atoms with Crippen LogP contribution in [-0.4, -0.2) is 41.2 Å². The van der Waals surface area contributed by atoms with Crippen molar-refractivity contribution in [2.75, 3.05) is 0 Å². The maximum Gasteiger partial charge on any atom is 0.407 e. The van der Waals surface area contributed by atoms with E-state index < -0.39 is 17.8 Å². The topological polar surface area (TPSA) is 71.1 Å². The second-order valence-electron chi connectivity index (χ2n) is 8.79. The monoisotopic (exact) mass is 341 g/mol. The summed E-state index contributed by atoms with van der Waals surface area (Å²) in [5.74, 6) is 0.837. The lowest BCUT2D eigenvalue weighted by atomic mass is 9.85. The number of rotatable bonds is 6. The second kappa shape index (κ2) is 8.05. The highest BCUT2D eigenvalue weighted by atomic mass is 16.6. The van der Waals surface area contributed by atoms with Gasteiger partial charge >= 0.3 is 6.09 Å². The molecule has 0 radical (unpaired) electrons. The van der Waals surface area contributed by atoms with E-state index in [1.165, 1.54) is 32.1 Å². The van der Waals surface area contributed by atoms with Crippen LogP contribution in [0.15, 0.2) is 0 Å². The van der Waals surface area contributed by atoms with E-state index in [2.05, 4.69) is 5.32 Å². The minimum Gasteiger partial charge on any atom is -0.444 e. The fourth-order valence-corrected chi connectivity index (χ4v) is 3.69. The van der Waals surface area contributed by atoms with Gasteiger partial charge < -0.3 is 19.9 Å². The first-order valence-electron chi connectivity index (χ1n) is 9.50. The van der Waals surface area contributed by atoms with Crippen LogP contribution in [-0.2, 0) is 9.47 Å². The Bertz CT molecular complexity index is 412. The number of hydrogen-bond acceptors (Lipinski definition) is 4. The summed E-state index contributed by atoms with van der Waals surface area (Å²) < 4.78 is 11.1. The number of carbonyl (C=O) groups excluding carboxylic acids is 1. The summed E-state index contributed by atoms with van der Waals surface area (Å²) in [7, 11) is 0. The molecule has 1 saturated carbocycles. The molecule has 1 amide bonds. The highest BCUT2D eigenvalue weighted by Gasteiger charge is 2.48. The third-order valence-electron chi connectivity index (χ3n) is 5.02. The number of hydrogen-bond donors (Lipinski definition) is 2. The van der Waals surface area contributed by atoms with Gasteiger partial charge in [-0.25, -0.2) is 4.79 Å². The first kappa shape index (κ1) is 19.5. The minimum atomic E-state index is -0.689. The molecular formula is C19H35NO4. The normalized spacial score (nSPS) is 27.6. The van der Waals surface area contributed by atoms with Crippen molar-refractivity contribution < 1.29 is 19.4 Å². The molecule has 1 aliphatic carbocycles. The first-order valence-corrected chi connectivity index (χ1v) is 9.50. The molecule has 0 spiro atoms. The summed E-state index contributed by atoms with van der Waals surface area (Å²) in [6.07, 6.45) is 6.41. The molecule has 1 aliphatic heterocycles. The first-order chi connectivity index (χ1) is 11.2. The fraction of sp³-hybridized carbons (Fsp3) is 0.947. The Morgan fingerprint density at radius 3 is 2.42 bits per heavy atom. The van der Waals surface area contributed by atoms with Crippen molar-refractivity contribution in [1.29, 1.82) is 0 Å². The molecule has 0 aromatic carbocycles. The van der Waals surface area contributed by atoms with Crippen molar-refractivity contribution in [1.82, 2.24) is 5.32 Å². The van der Waals surface area contributed by atoms with Crippen LogP contribution in [0.1, 0.15) is 73.1 Å². The fourth-order valence-electron chi connectivity index (χ4n) is 3.69. The number of epoxide rings is 1. The van der Waals surface area contributed by atoms with Crippen LogP contribution in [0.2, 0.25) is 0 Å². The Morgan fingerprint density at radius 1 is 1.25 bits per heavy atom. The summed E-state index contributed by atoms with van der Waals surface area (Å²) in [6, 6.07) is -0.360. The molecule has 1 heterocycles. The smallest absolute Gasteiger partial charge is 0.407 e. The van der Waals surface area contributed by atoms with Gasteiger partial charge in [-0.15, -0.1) is 0 Å². The molecule has 1 saturated heterocycles. The van der Waals surface area contributed by atoms with Crippen LogP contribution in [0, 0.1) is 11.8 Å². The van der Waals surface area contributed by atoms with Gasteiger partial charge in [0.25, 0.3) is 0 Å². The van der Waals surface area contributed by atoms with Crippen molar-refractivity contribution in [3.05, 3.63) is 0 Å². The van der Waals surface area contributed by atoms with Crippen molar-refractivity contribution in [2.24, 2.45) is 11.8 Å². The Kier molecular flexibility index (Phi) is 6.54. The number of alkyl carbamates (subject to hydrolysis) is 1. The largest absolute Gasteiger partial charge is 0.444 e. The molecule has 5 heteroatoms. The molecular weight excluding hydrogens is 306 g/mol. The average molecular weight is 341 g/mol. The van der Waals surface area contributed by atoms with Crippen LogP contribution in [0.4, 0.5) is 4.79 Å². The van der Waals surface area contributed by atoms with Gasteiger partial charge in [0.15, 0.2) is 0 Å². The van der Waals surface area contributed by atoms with E-state index in [9.17, 15) is 9.90 Å². The molecule has 24 heavy (non-hydrogen) atoms. The number of ether oxygens (including phenoxy) is 2. The van der Waals surface area contributed by atoms with Crippen molar-refractivity contribution in [3.63, 3.8) is 0 Å². The number of amides is 1. The van der Waals surface area contributed by atoms with E-state index in [0.29, 0.717) is 0 Å². The Morgan fingerprint density at radius 2 is 1.88 bits per heavy atom. The number of aliphatic hydroxyl groups is 1. The van der Waals surface area contributed by atoms with Gasteiger partial charge in [-0.05, 0) is 39.0 Å². The van der Waals surface area contributed by atoms with E-state index in [0.717, 1.165) is 12.3 Å². The zero-order valence-electron chi connectivity index (χ0n) is 15.9. The molecule has 0 aromatic rings. The Hall–Kier alpha value is -0.810. The van der Waals surface area contributed by atoms with Crippen LogP contribution < -0.4 is 5.32 Å². The van der Waals surface area contributed by atoms with E-state index in [1.54, 1.807) is 0 Å². The number of carbonyl (C=O) groups is 1. The van der Waals surface area contributed by atoms with Gasteiger partial charge in [0.05, 0.1) is 12.1 Å². The van der Waals surface area contributed by atoms with E-state index in [-0.39, 0.29) is 24.2 Å². The quantitative estimate of drug-likeness (QED) is 0.724. The second-order valence-corrected chi connectivity index (χ2v) is 8.79. The van der Waals surface area contributed by atoms with Crippen LogP contribution in [0.3, 0.4) is 0 Å². The summed E-state index contributed by atoms with van der Waals surface area (Å²) in [4.78, 5) is 12.0. The molecule has 5 nitrogen and oxygen atoms in total. The predicted octanol–water partition coefficient (Wildman–Crippen LogP) is 3.63. The summed E-state index contributed by atoms with van der Waals surface area (Å²) in [5.41, 5.74) is -0.545. The highest BCUT2D eigenvalue weighted by Crippen LogP contribution is 2.37. The highest BCUT2D eigenvalue weighted by molar-refractivity contribution is 5.68. The van der Waals surface area contributed by atoms with Crippen LogP contribution in [0.5, 0.6) is 0 Å². The molecule has 2 rings (SSSR count). The average Bonchev–Trinajstić information content (AvgIpc) is 3.22. The zero-order chi connectivity index (χ0) is 17.9. The third kappa shape index (κ3) is 5.92. The molecule has 0 aromatic heterocycles. The van der Waals surface area contributed by atoms with E-state index in [4.69, 9.17) is 9.47 Å². The van der Waals surface area contributed by atoms with Gasteiger partial charge in [-0.2, -0.15) is 0 Å². The van der Waals surface area contributed by atoms with Crippen LogP contribution >= 0.6 is 0 Å². The SMILES string of the molecule is CC(C)[C@H](NC(=O)OC(C)(C)C)[C@H](O)[C@H]1O[C@@H]1CC1CCCCC1. The van der Waals surface area contributed by atoms with E-state index in [1.807, 2.05) is 34.6 Å². The third-order valence-corrected chi connectivity index (χ3v) is 5.02. The predicted molar refractivity (Wildman–Crippen MR) is 93.9 cm³/mol. The van der Waals surface area contributed by atoms with E-state index >= 15 is 0 Å². The Labute approximate surface area is 146 Å². The molecule has 2 fully saturated rings. The molecule has 0 bridgehead atoms. The number of nitrogens with one attached hydrogen (secondary N) is 1. The maximum atomic E-state index is 12.0. The van der Waals surface area contributed by atoms with Crippen molar-refractivity contribution >= 4 is 6.09 Å². The lowest BCUT2D eigenvalue weighted by molar-refractivity contribution is 0.0326.